The average Bonchev–Trinajstić information content (AvgIpc) is 2.37. The van der Waals surface area contributed by atoms with E-state index in [0.29, 0.717) is 11.1 Å². The summed E-state index contributed by atoms with van der Waals surface area (Å²) in [6.07, 6.45) is 0. The molecule has 0 fully saturated rings. The number of carbonyl (C=O) groups is 1. The Morgan fingerprint density at radius 2 is 1.80 bits per heavy atom. The molecule has 4 heteroatoms. The van der Waals surface area contributed by atoms with Gasteiger partial charge in [-0.3, -0.25) is 0 Å². The van der Waals surface area contributed by atoms with Crippen LogP contribution in [0.1, 0.15) is 21.5 Å². The van der Waals surface area contributed by atoms with Crippen LogP contribution in [0.15, 0.2) is 30.3 Å². The van der Waals surface area contributed by atoms with E-state index in [2.05, 4.69) is 0 Å². The Labute approximate surface area is 116 Å². The summed E-state index contributed by atoms with van der Waals surface area (Å²) < 4.78 is 19.0. The molecule has 2 aromatic carbocycles. The molecule has 0 aliphatic rings. The summed E-state index contributed by atoms with van der Waals surface area (Å²) in [6.45, 7) is 3.74. The van der Waals surface area contributed by atoms with Gasteiger partial charge in [0, 0.05) is 0 Å². The van der Waals surface area contributed by atoms with Crippen molar-refractivity contribution in [1.29, 1.82) is 0 Å². The number of carboxylic acids is 1. The molecule has 0 radical (unpaired) electrons. The summed E-state index contributed by atoms with van der Waals surface area (Å²) in [5.41, 5.74) is 2.48. The van der Waals surface area contributed by atoms with E-state index in [9.17, 15) is 14.3 Å². The SMILES string of the molecule is COc1c(C)cc(-c2cccc(F)c2C(=O)O)cc1C. The third-order valence-corrected chi connectivity index (χ3v) is 3.20. The van der Waals surface area contributed by atoms with E-state index in [1.807, 2.05) is 13.8 Å². The first-order valence-corrected chi connectivity index (χ1v) is 6.13. The van der Waals surface area contributed by atoms with Gasteiger partial charge in [0.15, 0.2) is 0 Å². The first-order valence-electron chi connectivity index (χ1n) is 6.13. The molecular formula is C16H15FO3. The van der Waals surface area contributed by atoms with Gasteiger partial charge in [0.2, 0.25) is 0 Å². The van der Waals surface area contributed by atoms with Crippen LogP contribution in [-0.4, -0.2) is 18.2 Å². The normalized spacial score (nSPS) is 10.4. The Morgan fingerprint density at radius 3 is 2.30 bits per heavy atom. The fourth-order valence-electron chi connectivity index (χ4n) is 2.41. The smallest absolute Gasteiger partial charge is 0.339 e. The molecule has 0 aliphatic carbocycles. The predicted molar refractivity (Wildman–Crippen MR) is 74.8 cm³/mol. The summed E-state index contributed by atoms with van der Waals surface area (Å²) in [5, 5.41) is 9.18. The van der Waals surface area contributed by atoms with E-state index >= 15 is 0 Å². The monoisotopic (exact) mass is 274 g/mol. The zero-order chi connectivity index (χ0) is 14.9. The van der Waals surface area contributed by atoms with Crippen molar-refractivity contribution in [2.45, 2.75) is 13.8 Å². The number of benzene rings is 2. The van der Waals surface area contributed by atoms with Crippen LogP contribution in [-0.2, 0) is 0 Å². The predicted octanol–water partition coefficient (Wildman–Crippen LogP) is 3.82. The van der Waals surface area contributed by atoms with E-state index in [1.54, 1.807) is 25.3 Å². The van der Waals surface area contributed by atoms with Gasteiger partial charge in [0.25, 0.3) is 0 Å². The quantitative estimate of drug-likeness (QED) is 0.925. The van der Waals surface area contributed by atoms with E-state index in [4.69, 9.17) is 4.74 Å². The maximum atomic E-state index is 13.7. The highest BCUT2D eigenvalue weighted by molar-refractivity contribution is 5.96. The first kappa shape index (κ1) is 14.1. The van der Waals surface area contributed by atoms with Gasteiger partial charge in [0.05, 0.1) is 7.11 Å². The molecule has 20 heavy (non-hydrogen) atoms. The van der Waals surface area contributed by atoms with Crippen molar-refractivity contribution in [3.63, 3.8) is 0 Å². The van der Waals surface area contributed by atoms with Crippen LogP contribution in [0, 0.1) is 19.7 Å². The van der Waals surface area contributed by atoms with Crippen molar-refractivity contribution in [3.8, 4) is 16.9 Å². The topological polar surface area (TPSA) is 46.5 Å². The van der Waals surface area contributed by atoms with Gasteiger partial charge in [-0.15, -0.1) is 0 Å². The highest BCUT2D eigenvalue weighted by Crippen LogP contribution is 2.32. The second kappa shape index (κ2) is 5.33. The lowest BCUT2D eigenvalue weighted by atomic mass is 9.95. The Morgan fingerprint density at radius 1 is 1.20 bits per heavy atom. The second-order valence-electron chi connectivity index (χ2n) is 4.61. The van der Waals surface area contributed by atoms with Gasteiger partial charge in [0.1, 0.15) is 17.1 Å². The second-order valence-corrected chi connectivity index (χ2v) is 4.61. The molecule has 1 N–H and O–H groups in total. The molecule has 0 aliphatic heterocycles. The molecule has 0 saturated carbocycles. The molecule has 0 unspecified atom stereocenters. The van der Waals surface area contributed by atoms with Crippen LogP contribution in [0.5, 0.6) is 5.75 Å². The molecule has 2 aromatic rings. The number of carboxylic acid groups (broad SMARTS) is 1. The fraction of sp³-hybridized carbons (Fsp3) is 0.188. The average molecular weight is 274 g/mol. The lowest BCUT2D eigenvalue weighted by Gasteiger charge is -2.13. The standard InChI is InChI=1S/C16H15FO3/c1-9-7-11(8-10(2)15(9)20-3)12-5-4-6-13(17)14(12)16(18)19/h4-8H,1-3H3,(H,18,19). The lowest BCUT2D eigenvalue weighted by molar-refractivity contribution is 0.0693. The summed E-state index contributed by atoms with van der Waals surface area (Å²) in [4.78, 5) is 11.2. The van der Waals surface area contributed by atoms with E-state index in [-0.39, 0.29) is 5.56 Å². The van der Waals surface area contributed by atoms with Crippen LogP contribution in [0.25, 0.3) is 11.1 Å². The van der Waals surface area contributed by atoms with Crippen molar-refractivity contribution in [1.82, 2.24) is 0 Å². The molecule has 104 valence electrons. The Bertz CT molecular complexity index is 654. The third kappa shape index (κ3) is 2.37. The largest absolute Gasteiger partial charge is 0.496 e. The highest BCUT2D eigenvalue weighted by Gasteiger charge is 2.18. The number of halogens is 1. The number of hydrogen-bond acceptors (Lipinski definition) is 2. The summed E-state index contributed by atoms with van der Waals surface area (Å²) in [7, 11) is 1.58. The van der Waals surface area contributed by atoms with Gasteiger partial charge in [-0.25, -0.2) is 9.18 Å². The van der Waals surface area contributed by atoms with E-state index < -0.39 is 11.8 Å². The number of hydrogen-bond donors (Lipinski definition) is 1. The maximum absolute atomic E-state index is 13.7. The summed E-state index contributed by atoms with van der Waals surface area (Å²) in [5.74, 6) is -1.26. The molecule has 0 heterocycles. The minimum atomic E-state index is -1.27. The Kier molecular flexibility index (Phi) is 3.74. The molecular weight excluding hydrogens is 259 g/mol. The summed E-state index contributed by atoms with van der Waals surface area (Å²) >= 11 is 0. The van der Waals surface area contributed by atoms with Crippen LogP contribution in [0.2, 0.25) is 0 Å². The minimum absolute atomic E-state index is 0.309. The number of aromatic carboxylic acids is 1. The zero-order valence-corrected chi connectivity index (χ0v) is 11.5. The van der Waals surface area contributed by atoms with Crippen LogP contribution < -0.4 is 4.74 Å². The lowest BCUT2D eigenvalue weighted by Crippen LogP contribution is -2.04. The van der Waals surface area contributed by atoms with Crippen molar-refractivity contribution < 1.29 is 19.0 Å². The molecule has 0 bridgehead atoms. The number of ether oxygens (including phenoxy) is 1. The van der Waals surface area contributed by atoms with Gasteiger partial charge >= 0.3 is 5.97 Å². The van der Waals surface area contributed by atoms with Gasteiger partial charge in [-0.05, 0) is 54.3 Å². The molecule has 3 nitrogen and oxygen atoms in total. The van der Waals surface area contributed by atoms with Crippen molar-refractivity contribution in [3.05, 3.63) is 52.8 Å². The van der Waals surface area contributed by atoms with E-state index in [1.165, 1.54) is 6.07 Å². The zero-order valence-electron chi connectivity index (χ0n) is 11.5. The van der Waals surface area contributed by atoms with Gasteiger partial charge in [-0.2, -0.15) is 0 Å². The van der Waals surface area contributed by atoms with Crippen LogP contribution in [0.3, 0.4) is 0 Å². The summed E-state index contributed by atoms with van der Waals surface area (Å²) in [6, 6.07) is 7.86. The number of rotatable bonds is 3. The van der Waals surface area contributed by atoms with Crippen molar-refractivity contribution >= 4 is 5.97 Å². The van der Waals surface area contributed by atoms with Crippen LogP contribution in [0.4, 0.5) is 4.39 Å². The molecule has 0 aromatic heterocycles. The Hall–Kier alpha value is -2.36. The first-order chi connectivity index (χ1) is 9.45. The molecule has 0 saturated heterocycles. The fourth-order valence-corrected chi connectivity index (χ4v) is 2.41. The maximum Gasteiger partial charge on any atom is 0.339 e. The van der Waals surface area contributed by atoms with Gasteiger partial charge in [-0.1, -0.05) is 12.1 Å². The van der Waals surface area contributed by atoms with Crippen molar-refractivity contribution in [2.24, 2.45) is 0 Å². The van der Waals surface area contributed by atoms with E-state index in [0.717, 1.165) is 22.9 Å². The van der Waals surface area contributed by atoms with Crippen molar-refractivity contribution in [2.75, 3.05) is 7.11 Å². The number of aryl methyl sites for hydroxylation is 2. The number of methoxy groups -OCH3 is 1. The molecule has 0 atom stereocenters. The Balaban J connectivity index is 2.70. The molecule has 0 spiro atoms. The van der Waals surface area contributed by atoms with Crippen LogP contribution >= 0.6 is 0 Å². The third-order valence-electron chi connectivity index (χ3n) is 3.20. The highest BCUT2D eigenvalue weighted by atomic mass is 19.1. The molecule has 2 rings (SSSR count). The minimum Gasteiger partial charge on any atom is -0.496 e. The van der Waals surface area contributed by atoms with Gasteiger partial charge < -0.3 is 9.84 Å². The molecule has 0 amide bonds.